The Balaban J connectivity index is 1.93. The van der Waals surface area contributed by atoms with Crippen LogP contribution in [0.5, 0.6) is 5.75 Å². The van der Waals surface area contributed by atoms with Crippen molar-refractivity contribution in [3.05, 3.63) is 48.0 Å². The van der Waals surface area contributed by atoms with Crippen LogP contribution in [0, 0.1) is 0 Å². The molecule has 2 aromatic rings. The van der Waals surface area contributed by atoms with Gasteiger partial charge in [-0.2, -0.15) is 0 Å². The van der Waals surface area contributed by atoms with Crippen molar-refractivity contribution in [1.29, 1.82) is 0 Å². The average molecular weight is 402 g/mol. The van der Waals surface area contributed by atoms with E-state index in [1.807, 2.05) is 36.9 Å². The Morgan fingerprint density at radius 2 is 1.82 bits per heavy atom. The fourth-order valence-corrected chi connectivity index (χ4v) is 3.71. The van der Waals surface area contributed by atoms with E-state index in [1.165, 1.54) is 13.2 Å². The van der Waals surface area contributed by atoms with Gasteiger partial charge in [0.15, 0.2) is 9.84 Å². The van der Waals surface area contributed by atoms with E-state index in [-0.39, 0.29) is 11.0 Å². The molecule has 0 bridgehead atoms. The number of benzene rings is 2. The summed E-state index contributed by atoms with van der Waals surface area (Å²) >= 11 is 0. The summed E-state index contributed by atoms with van der Waals surface area (Å²) in [5.41, 5.74) is 3.11. The third-order valence-corrected chi connectivity index (χ3v) is 5.54. The van der Waals surface area contributed by atoms with Crippen molar-refractivity contribution in [2.45, 2.75) is 31.8 Å². The van der Waals surface area contributed by atoms with Crippen molar-refractivity contribution in [2.75, 3.05) is 17.7 Å². The molecule has 0 aliphatic carbocycles. The standard InChI is InChI=1S/C20H22N2O5S/c1-5-22(15-6-9-17(10-7-15)28(4,24)25)16-8-11-18-19(12-16)26-13(2)20(18)21-27-14(3)23/h6-13H,5H2,1-4H3/b21-20+. The topological polar surface area (TPSA) is 85.3 Å². The van der Waals surface area contributed by atoms with Crippen LogP contribution in [-0.4, -0.2) is 39.0 Å². The number of carbonyl (C=O) groups is 1. The van der Waals surface area contributed by atoms with Crippen molar-refractivity contribution in [3.8, 4) is 5.75 Å². The fourth-order valence-electron chi connectivity index (χ4n) is 3.08. The molecule has 0 saturated heterocycles. The molecule has 1 aliphatic heterocycles. The zero-order valence-corrected chi connectivity index (χ0v) is 17.0. The minimum atomic E-state index is -3.24. The first-order chi connectivity index (χ1) is 13.2. The summed E-state index contributed by atoms with van der Waals surface area (Å²) in [5, 5.41) is 3.90. The fraction of sp³-hybridized carbons (Fsp3) is 0.300. The van der Waals surface area contributed by atoms with Gasteiger partial charge in [-0.25, -0.2) is 13.2 Å². The van der Waals surface area contributed by atoms with Gasteiger partial charge in [0.2, 0.25) is 0 Å². The zero-order chi connectivity index (χ0) is 20.5. The van der Waals surface area contributed by atoms with Gasteiger partial charge in [-0.15, -0.1) is 0 Å². The van der Waals surface area contributed by atoms with Crippen LogP contribution in [0.4, 0.5) is 11.4 Å². The van der Waals surface area contributed by atoms with Crippen LogP contribution in [0.2, 0.25) is 0 Å². The summed E-state index contributed by atoms with van der Waals surface area (Å²) < 4.78 is 29.2. The van der Waals surface area contributed by atoms with Gasteiger partial charge < -0.3 is 14.5 Å². The predicted octanol–water partition coefficient (Wildman–Crippen LogP) is 3.30. The predicted molar refractivity (Wildman–Crippen MR) is 107 cm³/mol. The Morgan fingerprint density at radius 1 is 1.18 bits per heavy atom. The van der Waals surface area contributed by atoms with Gasteiger partial charge in [-0.05, 0) is 50.2 Å². The van der Waals surface area contributed by atoms with Gasteiger partial charge in [0.1, 0.15) is 17.6 Å². The summed E-state index contributed by atoms with van der Waals surface area (Å²) in [6.07, 6.45) is 0.863. The Labute approximate surface area is 164 Å². The van der Waals surface area contributed by atoms with Gasteiger partial charge >= 0.3 is 5.97 Å². The van der Waals surface area contributed by atoms with Crippen LogP contribution in [0.25, 0.3) is 0 Å². The average Bonchev–Trinajstić information content (AvgIpc) is 2.94. The molecule has 1 atom stereocenters. The zero-order valence-electron chi connectivity index (χ0n) is 16.2. The van der Waals surface area contributed by atoms with Gasteiger partial charge in [-0.3, -0.25) is 0 Å². The molecule has 0 aromatic heterocycles. The smallest absolute Gasteiger partial charge is 0.331 e. The monoisotopic (exact) mass is 402 g/mol. The maximum atomic E-state index is 11.7. The molecule has 0 fully saturated rings. The molecule has 2 aromatic carbocycles. The highest BCUT2D eigenvalue weighted by atomic mass is 32.2. The minimum absolute atomic E-state index is 0.282. The quantitative estimate of drug-likeness (QED) is 0.564. The Morgan fingerprint density at radius 3 is 2.39 bits per heavy atom. The molecule has 1 heterocycles. The molecule has 3 rings (SSSR count). The number of rotatable bonds is 5. The van der Waals surface area contributed by atoms with Crippen LogP contribution in [0.15, 0.2) is 52.5 Å². The first-order valence-corrected chi connectivity index (χ1v) is 10.7. The van der Waals surface area contributed by atoms with E-state index in [0.717, 1.165) is 16.9 Å². The second-order valence-electron chi connectivity index (χ2n) is 6.51. The number of hydrogen-bond acceptors (Lipinski definition) is 7. The molecule has 0 radical (unpaired) electrons. The SMILES string of the molecule is CCN(c1ccc(S(C)(=O)=O)cc1)c1ccc2c(c1)OC(C)/C2=N\OC(C)=O. The van der Waals surface area contributed by atoms with E-state index in [0.29, 0.717) is 18.0 Å². The van der Waals surface area contributed by atoms with E-state index in [1.54, 1.807) is 24.3 Å². The molecule has 1 aliphatic rings. The Hall–Kier alpha value is -2.87. The lowest BCUT2D eigenvalue weighted by Gasteiger charge is -2.24. The molecule has 0 spiro atoms. The van der Waals surface area contributed by atoms with Gasteiger partial charge in [0.25, 0.3) is 0 Å². The summed E-state index contributed by atoms with van der Waals surface area (Å²) in [6, 6.07) is 12.5. The second-order valence-corrected chi connectivity index (χ2v) is 8.53. The molecule has 8 heteroatoms. The van der Waals surface area contributed by atoms with Crippen LogP contribution >= 0.6 is 0 Å². The Kier molecular flexibility index (Phi) is 5.42. The summed E-state index contributed by atoms with van der Waals surface area (Å²) in [6.45, 7) is 5.82. The molecule has 28 heavy (non-hydrogen) atoms. The minimum Gasteiger partial charge on any atom is -0.483 e. The lowest BCUT2D eigenvalue weighted by Crippen LogP contribution is -2.17. The summed E-state index contributed by atoms with van der Waals surface area (Å²) in [4.78, 5) is 18.1. The lowest BCUT2D eigenvalue weighted by atomic mass is 10.1. The normalized spacial score (nSPS) is 17.1. The second kappa shape index (κ2) is 7.63. The van der Waals surface area contributed by atoms with Crippen molar-refractivity contribution in [2.24, 2.45) is 5.16 Å². The number of anilines is 2. The van der Waals surface area contributed by atoms with E-state index >= 15 is 0 Å². The third-order valence-electron chi connectivity index (χ3n) is 4.41. The third kappa shape index (κ3) is 4.01. The molecule has 148 valence electrons. The highest BCUT2D eigenvalue weighted by molar-refractivity contribution is 7.90. The first kappa shape index (κ1) is 19.9. The molecule has 1 unspecified atom stereocenters. The van der Waals surface area contributed by atoms with Crippen molar-refractivity contribution in [3.63, 3.8) is 0 Å². The highest BCUT2D eigenvalue weighted by Gasteiger charge is 2.28. The number of carbonyl (C=O) groups excluding carboxylic acids is 1. The van der Waals surface area contributed by atoms with Gasteiger partial charge in [-0.1, -0.05) is 5.16 Å². The van der Waals surface area contributed by atoms with Gasteiger partial charge in [0, 0.05) is 42.7 Å². The van der Waals surface area contributed by atoms with Crippen LogP contribution in [0.1, 0.15) is 26.3 Å². The number of sulfone groups is 1. The molecule has 0 amide bonds. The van der Waals surface area contributed by atoms with Crippen LogP contribution in [-0.2, 0) is 19.5 Å². The number of oxime groups is 1. The highest BCUT2D eigenvalue weighted by Crippen LogP contribution is 2.35. The maximum Gasteiger partial charge on any atom is 0.331 e. The van der Waals surface area contributed by atoms with Crippen molar-refractivity contribution >= 4 is 32.9 Å². The molecule has 7 nitrogen and oxygen atoms in total. The van der Waals surface area contributed by atoms with Crippen LogP contribution in [0.3, 0.4) is 0 Å². The lowest BCUT2D eigenvalue weighted by molar-refractivity contribution is -0.140. The molecule has 0 saturated carbocycles. The molecular weight excluding hydrogens is 380 g/mol. The van der Waals surface area contributed by atoms with E-state index in [4.69, 9.17) is 9.57 Å². The number of nitrogens with zero attached hydrogens (tertiary/aromatic N) is 2. The summed E-state index contributed by atoms with van der Waals surface area (Å²) in [5.74, 6) is 0.168. The van der Waals surface area contributed by atoms with E-state index < -0.39 is 15.8 Å². The van der Waals surface area contributed by atoms with E-state index in [9.17, 15) is 13.2 Å². The van der Waals surface area contributed by atoms with Crippen molar-refractivity contribution in [1.82, 2.24) is 0 Å². The number of ether oxygens (including phenoxy) is 1. The maximum absolute atomic E-state index is 11.7. The number of fused-ring (bicyclic) bond motifs is 1. The van der Waals surface area contributed by atoms with Crippen molar-refractivity contribution < 1.29 is 22.8 Å². The van der Waals surface area contributed by atoms with Crippen LogP contribution < -0.4 is 9.64 Å². The summed E-state index contributed by atoms with van der Waals surface area (Å²) in [7, 11) is -3.24. The Bertz CT molecular complexity index is 1030. The van der Waals surface area contributed by atoms with E-state index in [2.05, 4.69) is 5.16 Å². The molecule has 0 N–H and O–H groups in total. The van der Waals surface area contributed by atoms with Gasteiger partial charge in [0.05, 0.1) is 4.90 Å². The molecular formula is C20H22N2O5S. The largest absolute Gasteiger partial charge is 0.483 e. The number of hydrogen-bond donors (Lipinski definition) is 0. The first-order valence-electron chi connectivity index (χ1n) is 8.85.